The summed E-state index contributed by atoms with van der Waals surface area (Å²) in [5, 5.41) is 0. The van der Waals surface area contributed by atoms with Gasteiger partial charge in [-0.3, -0.25) is 9.59 Å². The minimum atomic E-state index is -0.535. The molecular formula is C68H52O6. The predicted molar refractivity (Wildman–Crippen MR) is 293 cm³/mol. The first-order valence-electron chi connectivity index (χ1n) is 24.7. The van der Waals surface area contributed by atoms with Crippen molar-refractivity contribution in [1.29, 1.82) is 0 Å². The molecule has 360 valence electrons. The lowest BCUT2D eigenvalue weighted by Gasteiger charge is -2.34. The van der Waals surface area contributed by atoms with E-state index in [0.29, 0.717) is 56.8 Å². The maximum absolute atomic E-state index is 13.6. The Hall–Kier alpha value is -9.26. The molecule has 0 saturated heterocycles. The van der Waals surface area contributed by atoms with Crippen molar-refractivity contribution >= 4 is 11.6 Å². The first-order valence-corrected chi connectivity index (χ1v) is 24.7. The van der Waals surface area contributed by atoms with Crippen LogP contribution in [0.25, 0.3) is 11.1 Å². The summed E-state index contributed by atoms with van der Waals surface area (Å²) in [7, 11) is 1.69. The van der Waals surface area contributed by atoms with E-state index < -0.39 is 5.41 Å². The molecule has 0 radical (unpaired) electrons. The predicted octanol–water partition coefficient (Wildman–Crippen LogP) is 16.5. The zero-order valence-corrected chi connectivity index (χ0v) is 41.5. The van der Waals surface area contributed by atoms with Crippen LogP contribution in [0, 0.1) is 6.92 Å². The van der Waals surface area contributed by atoms with Crippen LogP contribution < -0.4 is 18.9 Å². The van der Waals surface area contributed by atoms with E-state index in [2.05, 4.69) is 111 Å². The topological polar surface area (TPSA) is 71.1 Å². The molecule has 0 heterocycles. The number of benzene rings is 10. The quantitative estimate of drug-likeness (QED) is 0.0954. The number of aryl methyl sites for hydroxylation is 1. The number of hydrogen-bond acceptors (Lipinski definition) is 6. The molecule has 0 atom stereocenters. The fourth-order valence-electron chi connectivity index (χ4n) is 10.2. The summed E-state index contributed by atoms with van der Waals surface area (Å²) in [6, 6.07) is 79.5. The van der Waals surface area contributed by atoms with Gasteiger partial charge >= 0.3 is 0 Å². The lowest BCUT2D eigenvalue weighted by atomic mass is 9.68. The van der Waals surface area contributed by atoms with Crippen molar-refractivity contribution in [3.05, 3.63) is 304 Å². The third-order valence-electron chi connectivity index (χ3n) is 14.3. The second-order valence-corrected chi connectivity index (χ2v) is 19.2. The van der Waals surface area contributed by atoms with Crippen molar-refractivity contribution < 1.29 is 28.5 Å². The second-order valence-electron chi connectivity index (χ2n) is 19.2. The van der Waals surface area contributed by atoms with Crippen molar-refractivity contribution in [2.24, 2.45) is 0 Å². The van der Waals surface area contributed by atoms with Crippen LogP contribution >= 0.6 is 0 Å². The zero-order valence-electron chi connectivity index (χ0n) is 41.5. The summed E-state index contributed by atoms with van der Waals surface area (Å²) in [6.45, 7) is 6.38. The van der Waals surface area contributed by atoms with Crippen LogP contribution in [0.4, 0.5) is 0 Å². The molecule has 0 saturated carbocycles. The van der Waals surface area contributed by atoms with Crippen molar-refractivity contribution in [3.63, 3.8) is 0 Å². The van der Waals surface area contributed by atoms with E-state index in [4.69, 9.17) is 18.9 Å². The van der Waals surface area contributed by atoms with E-state index in [1.54, 1.807) is 43.5 Å². The molecule has 0 fully saturated rings. The first kappa shape index (κ1) is 47.1. The van der Waals surface area contributed by atoms with Crippen molar-refractivity contribution in [2.75, 3.05) is 7.11 Å². The molecule has 0 aromatic heterocycles. The van der Waals surface area contributed by atoms with Crippen LogP contribution in [0.5, 0.6) is 40.2 Å². The standard InChI is InChI=1S/C68H52O6/c1-45-13-15-46(16-14-45)65(69)47-17-31-55(32-18-47)72-58-39-23-50(24-40-58)67(2,3)51-25-41-59(42-26-51)73-56-33-19-48(20-34-56)66(70)49-21-35-57(36-22-49)74-60-43-29-53(30-44-60)68(52-27-37-54(71-4)38-28-52)63-11-7-5-9-61(63)62-10-6-8-12-64(62)68/h5-44H,1-4H3. The molecule has 1 aliphatic rings. The maximum atomic E-state index is 13.6. The van der Waals surface area contributed by atoms with Crippen LogP contribution in [-0.4, -0.2) is 18.7 Å². The van der Waals surface area contributed by atoms with Crippen LogP contribution in [0.15, 0.2) is 243 Å². The third kappa shape index (κ3) is 9.03. The van der Waals surface area contributed by atoms with Crippen LogP contribution in [0.1, 0.15) is 84.6 Å². The number of ether oxygens (including phenoxy) is 4. The van der Waals surface area contributed by atoms with E-state index in [-0.39, 0.29) is 17.0 Å². The van der Waals surface area contributed by atoms with Gasteiger partial charge in [-0.25, -0.2) is 0 Å². The monoisotopic (exact) mass is 964 g/mol. The Bertz CT molecular complexity index is 3570. The van der Waals surface area contributed by atoms with Gasteiger partial charge in [0.15, 0.2) is 11.6 Å². The number of methoxy groups -OCH3 is 1. The highest BCUT2D eigenvalue weighted by Crippen LogP contribution is 2.56. The molecule has 6 heteroatoms. The Morgan fingerprint density at radius 3 is 0.973 bits per heavy atom. The van der Waals surface area contributed by atoms with E-state index in [1.807, 2.05) is 116 Å². The number of fused-ring (bicyclic) bond motifs is 3. The van der Waals surface area contributed by atoms with Gasteiger partial charge < -0.3 is 18.9 Å². The Kier molecular flexibility index (Phi) is 12.6. The number of carbonyl (C=O) groups excluding carboxylic acids is 2. The fourth-order valence-corrected chi connectivity index (χ4v) is 10.2. The number of hydrogen-bond donors (Lipinski definition) is 0. The normalized spacial score (nSPS) is 12.3. The second kappa shape index (κ2) is 19.7. The Labute approximate surface area is 432 Å². The van der Waals surface area contributed by atoms with Gasteiger partial charge in [0.05, 0.1) is 12.5 Å². The highest BCUT2D eigenvalue weighted by molar-refractivity contribution is 6.09. The van der Waals surface area contributed by atoms with Crippen molar-refractivity contribution in [3.8, 4) is 51.4 Å². The average molecular weight is 965 g/mol. The van der Waals surface area contributed by atoms with Crippen LogP contribution in [0.3, 0.4) is 0 Å². The van der Waals surface area contributed by atoms with Gasteiger partial charge in [-0.2, -0.15) is 0 Å². The Morgan fingerprint density at radius 1 is 0.351 bits per heavy atom. The molecule has 0 N–H and O–H groups in total. The van der Waals surface area contributed by atoms with Gasteiger partial charge in [-0.05, 0) is 173 Å². The molecule has 0 amide bonds. The molecule has 0 unspecified atom stereocenters. The molecule has 74 heavy (non-hydrogen) atoms. The smallest absolute Gasteiger partial charge is 0.193 e. The van der Waals surface area contributed by atoms with Gasteiger partial charge in [0.25, 0.3) is 0 Å². The molecule has 0 aliphatic heterocycles. The Balaban J connectivity index is 0.708. The summed E-state index contributed by atoms with van der Waals surface area (Å²) in [4.78, 5) is 26.6. The van der Waals surface area contributed by atoms with Gasteiger partial charge in [0, 0.05) is 27.7 Å². The average Bonchev–Trinajstić information content (AvgIpc) is 3.75. The molecule has 6 nitrogen and oxygen atoms in total. The van der Waals surface area contributed by atoms with Gasteiger partial charge in [-0.1, -0.05) is 141 Å². The summed E-state index contributed by atoms with van der Waals surface area (Å²) >= 11 is 0. The molecule has 0 spiro atoms. The lowest BCUT2D eigenvalue weighted by Crippen LogP contribution is -2.28. The summed E-state index contributed by atoms with van der Waals surface area (Å²) in [5.41, 5.74) is 12.1. The Morgan fingerprint density at radius 2 is 0.635 bits per heavy atom. The number of ketones is 2. The van der Waals surface area contributed by atoms with E-state index in [9.17, 15) is 9.59 Å². The van der Waals surface area contributed by atoms with E-state index in [0.717, 1.165) is 33.6 Å². The molecule has 1 aliphatic carbocycles. The zero-order chi connectivity index (χ0) is 50.8. The highest BCUT2D eigenvalue weighted by atomic mass is 16.5. The van der Waals surface area contributed by atoms with E-state index in [1.165, 1.54) is 22.3 Å². The van der Waals surface area contributed by atoms with Crippen LogP contribution in [0.2, 0.25) is 0 Å². The molecule has 10 aromatic rings. The van der Waals surface area contributed by atoms with Gasteiger partial charge in [0.1, 0.15) is 40.2 Å². The SMILES string of the molecule is COc1ccc(C2(c3ccc(Oc4ccc(C(=O)c5ccc(Oc6ccc(C(C)(C)c7ccc(Oc8ccc(C(=O)c9ccc(C)cc9)cc8)cc7)cc6)cc5)cc4)cc3)c3ccccc3-c3ccccc32)cc1. The van der Waals surface area contributed by atoms with Crippen LogP contribution in [-0.2, 0) is 10.8 Å². The maximum Gasteiger partial charge on any atom is 0.193 e. The number of carbonyl (C=O) groups is 2. The van der Waals surface area contributed by atoms with Gasteiger partial charge in [0.2, 0.25) is 0 Å². The lowest BCUT2D eigenvalue weighted by molar-refractivity contribution is 0.103. The summed E-state index contributed by atoms with van der Waals surface area (Å²) < 4.78 is 24.2. The molecular weight excluding hydrogens is 913 g/mol. The van der Waals surface area contributed by atoms with Crippen molar-refractivity contribution in [2.45, 2.75) is 31.6 Å². The van der Waals surface area contributed by atoms with Gasteiger partial charge in [-0.15, -0.1) is 0 Å². The third-order valence-corrected chi connectivity index (χ3v) is 14.3. The fraction of sp³-hybridized carbons (Fsp3) is 0.0882. The molecule has 10 aromatic carbocycles. The molecule has 11 rings (SSSR count). The summed E-state index contributed by atoms with van der Waals surface area (Å²) in [6.07, 6.45) is 0. The highest BCUT2D eigenvalue weighted by Gasteiger charge is 2.46. The molecule has 0 bridgehead atoms. The van der Waals surface area contributed by atoms with Crippen molar-refractivity contribution in [1.82, 2.24) is 0 Å². The van der Waals surface area contributed by atoms with E-state index >= 15 is 0 Å². The number of rotatable bonds is 15. The minimum absolute atomic E-state index is 0.0191. The first-order chi connectivity index (χ1) is 36.1. The minimum Gasteiger partial charge on any atom is -0.497 e. The largest absolute Gasteiger partial charge is 0.497 e. The summed E-state index contributed by atoms with van der Waals surface area (Å²) in [5.74, 6) is 4.70.